The molecule has 2 saturated heterocycles. The van der Waals surface area contributed by atoms with E-state index in [1.807, 2.05) is 24.4 Å². The first-order chi connectivity index (χ1) is 18.2. The number of ketones is 1. The Kier molecular flexibility index (Phi) is 6.84. The van der Waals surface area contributed by atoms with Gasteiger partial charge < -0.3 is 29.6 Å². The third-order valence-electron chi connectivity index (χ3n) is 7.26. The lowest BCUT2D eigenvalue weighted by Gasteiger charge is -2.27. The third kappa shape index (κ3) is 5.08. The smallest absolute Gasteiger partial charge is 0.231 e. The van der Waals surface area contributed by atoms with Crippen LogP contribution in [0.2, 0.25) is 0 Å². The summed E-state index contributed by atoms with van der Waals surface area (Å²) in [5.74, 6) is 1.47. The van der Waals surface area contributed by atoms with Gasteiger partial charge in [0.15, 0.2) is 5.76 Å². The molecule has 9 heteroatoms. The standard InChI is InChI=1S/C28H32N4O5/c33-25-4-2-21-27(34)26(37-28(21)23(25)18-32-7-5-29-6-8-32)15-19-17-30-24-3-1-20(16-22(19)24)36-14-11-31-9-12-35-13-10-31/h1-4,15-17,29-30,33H,5-14,18H2. The SMILES string of the molecule is O=C1C(=Cc2c[nH]c3ccc(OCCN4CCOCC4)cc23)Oc2c1ccc(O)c2CN1CCNCC1. The first kappa shape index (κ1) is 24.0. The van der Waals surface area contributed by atoms with Crippen LogP contribution in [0.3, 0.4) is 0 Å². The number of phenols is 1. The molecule has 1 aromatic heterocycles. The molecule has 0 unspecified atom stereocenters. The van der Waals surface area contributed by atoms with Crippen molar-refractivity contribution in [1.82, 2.24) is 20.1 Å². The summed E-state index contributed by atoms with van der Waals surface area (Å²) in [5.41, 5.74) is 2.94. The second-order valence-corrected chi connectivity index (χ2v) is 9.66. The Hall–Kier alpha value is -3.37. The molecule has 3 aliphatic rings. The summed E-state index contributed by atoms with van der Waals surface area (Å²) >= 11 is 0. The average molecular weight is 505 g/mol. The lowest BCUT2D eigenvalue weighted by atomic mass is 10.0. The number of hydrogen-bond acceptors (Lipinski definition) is 8. The van der Waals surface area contributed by atoms with Gasteiger partial charge in [0.1, 0.15) is 23.9 Å². The van der Waals surface area contributed by atoms with Crippen molar-refractivity contribution in [3.63, 3.8) is 0 Å². The minimum atomic E-state index is -0.177. The van der Waals surface area contributed by atoms with Crippen molar-refractivity contribution >= 4 is 22.8 Å². The van der Waals surface area contributed by atoms with Gasteiger partial charge >= 0.3 is 0 Å². The highest BCUT2D eigenvalue weighted by atomic mass is 16.5. The number of carbonyl (C=O) groups is 1. The number of fused-ring (bicyclic) bond motifs is 2. The number of nitrogens with zero attached hydrogens (tertiary/aromatic N) is 2. The lowest BCUT2D eigenvalue weighted by molar-refractivity contribution is 0.0322. The number of allylic oxidation sites excluding steroid dienone is 1. The Labute approximate surface area is 215 Å². The number of phenolic OH excluding ortho intramolecular Hbond substituents is 1. The van der Waals surface area contributed by atoms with Crippen molar-refractivity contribution < 1.29 is 24.1 Å². The van der Waals surface area contributed by atoms with Gasteiger partial charge in [-0.25, -0.2) is 0 Å². The van der Waals surface area contributed by atoms with Gasteiger partial charge in [-0.2, -0.15) is 0 Å². The van der Waals surface area contributed by atoms with Gasteiger partial charge in [-0.05, 0) is 36.4 Å². The van der Waals surface area contributed by atoms with Crippen LogP contribution in [0, 0.1) is 0 Å². The van der Waals surface area contributed by atoms with Gasteiger partial charge in [0, 0.05) is 75.0 Å². The molecule has 2 fully saturated rings. The van der Waals surface area contributed by atoms with Crippen LogP contribution in [0.5, 0.6) is 17.2 Å². The molecule has 2 aromatic carbocycles. The van der Waals surface area contributed by atoms with Gasteiger partial charge in [0.05, 0.1) is 24.3 Å². The van der Waals surface area contributed by atoms with Gasteiger partial charge in [0.2, 0.25) is 5.78 Å². The first-order valence-electron chi connectivity index (χ1n) is 12.9. The van der Waals surface area contributed by atoms with Crippen LogP contribution in [0.25, 0.3) is 17.0 Å². The number of piperazine rings is 1. The maximum Gasteiger partial charge on any atom is 0.231 e. The van der Waals surface area contributed by atoms with Crippen molar-refractivity contribution in [3.05, 3.63) is 59.0 Å². The first-order valence-corrected chi connectivity index (χ1v) is 12.9. The fourth-order valence-corrected chi connectivity index (χ4v) is 5.13. The molecule has 0 amide bonds. The Balaban J connectivity index is 1.20. The number of morpholine rings is 1. The second-order valence-electron chi connectivity index (χ2n) is 9.66. The molecule has 0 radical (unpaired) electrons. The summed E-state index contributed by atoms with van der Waals surface area (Å²) in [6.45, 7) is 8.97. The van der Waals surface area contributed by atoms with E-state index in [-0.39, 0.29) is 17.3 Å². The van der Waals surface area contributed by atoms with Gasteiger partial charge in [-0.1, -0.05) is 0 Å². The van der Waals surface area contributed by atoms with Crippen LogP contribution in [0.1, 0.15) is 21.5 Å². The number of H-pyrrole nitrogens is 1. The number of carbonyl (C=O) groups excluding carboxylic acids is 1. The van der Waals surface area contributed by atoms with E-state index < -0.39 is 0 Å². The van der Waals surface area contributed by atoms with E-state index in [0.717, 1.165) is 81.2 Å². The number of rotatable bonds is 7. The Morgan fingerprint density at radius 2 is 1.89 bits per heavy atom. The van der Waals surface area contributed by atoms with Crippen LogP contribution in [-0.2, 0) is 11.3 Å². The number of aromatic hydroxyl groups is 1. The molecule has 0 saturated carbocycles. The Morgan fingerprint density at radius 1 is 1.05 bits per heavy atom. The van der Waals surface area contributed by atoms with E-state index in [0.29, 0.717) is 30.0 Å². The van der Waals surface area contributed by atoms with Crippen molar-refractivity contribution in [2.45, 2.75) is 6.54 Å². The summed E-state index contributed by atoms with van der Waals surface area (Å²) < 4.78 is 17.5. The fraction of sp³-hybridized carbons (Fsp3) is 0.393. The zero-order chi connectivity index (χ0) is 25.2. The largest absolute Gasteiger partial charge is 0.507 e. The van der Waals surface area contributed by atoms with Crippen molar-refractivity contribution in [1.29, 1.82) is 0 Å². The second kappa shape index (κ2) is 10.5. The summed E-state index contributed by atoms with van der Waals surface area (Å²) in [4.78, 5) is 21.1. The van der Waals surface area contributed by atoms with E-state index in [1.54, 1.807) is 18.2 Å². The Bertz CT molecular complexity index is 1320. The molecule has 4 heterocycles. The fourth-order valence-electron chi connectivity index (χ4n) is 5.13. The van der Waals surface area contributed by atoms with E-state index in [2.05, 4.69) is 20.1 Å². The molecule has 6 rings (SSSR count). The minimum absolute atomic E-state index is 0.150. The van der Waals surface area contributed by atoms with Crippen LogP contribution >= 0.6 is 0 Å². The van der Waals surface area contributed by atoms with Gasteiger partial charge in [0.25, 0.3) is 0 Å². The van der Waals surface area contributed by atoms with Crippen LogP contribution in [0.4, 0.5) is 0 Å². The zero-order valence-electron chi connectivity index (χ0n) is 20.8. The molecular formula is C28H32N4O5. The summed E-state index contributed by atoms with van der Waals surface area (Å²) in [6, 6.07) is 9.16. The molecular weight excluding hydrogens is 472 g/mol. The number of aromatic nitrogens is 1. The van der Waals surface area contributed by atoms with Crippen molar-refractivity contribution in [3.8, 4) is 17.2 Å². The van der Waals surface area contributed by atoms with Crippen LogP contribution in [0.15, 0.2) is 42.3 Å². The number of benzene rings is 2. The normalized spacial score (nSPS) is 19.9. The highest BCUT2D eigenvalue weighted by molar-refractivity contribution is 6.15. The van der Waals surface area contributed by atoms with Crippen molar-refractivity contribution in [2.75, 3.05) is 65.6 Å². The molecule has 37 heavy (non-hydrogen) atoms. The third-order valence-corrected chi connectivity index (χ3v) is 7.26. The topological polar surface area (TPSA) is 99.3 Å². The summed E-state index contributed by atoms with van der Waals surface area (Å²) in [7, 11) is 0. The van der Waals surface area contributed by atoms with Gasteiger partial charge in [-0.3, -0.25) is 14.6 Å². The molecule has 3 N–H and O–H groups in total. The molecule has 0 atom stereocenters. The maximum absolute atomic E-state index is 13.2. The molecule has 0 bridgehead atoms. The average Bonchev–Trinajstić information content (AvgIpc) is 3.47. The molecule has 0 aliphatic carbocycles. The van der Waals surface area contributed by atoms with Crippen LogP contribution < -0.4 is 14.8 Å². The van der Waals surface area contributed by atoms with Crippen LogP contribution in [-0.4, -0.2) is 91.3 Å². The number of nitrogens with one attached hydrogen (secondary N) is 2. The number of Topliss-reactive ketones (excluding diaryl/α,β-unsaturated/α-hetero) is 1. The quantitative estimate of drug-likeness (QED) is 0.423. The Morgan fingerprint density at radius 3 is 2.73 bits per heavy atom. The predicted molar refractivity (Wildman–Crippen MR) is 140 cm³/mol. The molecule has 0 spiro atoms. The summed E-state index contributed by atoms with van der Waals surface area (Å²) in [5, 5.41) is 14.9. The minimum Gasteiger partial charge on any atom is -0.507 e. The zero-order valence-corrected chi connectivity index (χ0v) is 20.8. The van der Waals surface area contributed by atoms with Crippen molar-refractivity contribution in [2.24, 2.45) is 0 Å². The number of hydrogen-bond donors (Lipinski definition) is 3. The monoisotopic (exact) mass is 504 g/mol. The number of aromatic amines is 1. The van der Waals surface area contributed by atoms with E-state index in [9.17, 15) is 9.90 Å². The van der Waals surface area contributed by atoms with E-state index >= 15 is 0 Å². The molecule has 9 nitrogen and oxygen atoms in total. The molecule has 194 valence electrons. The summed E-state index contributed by atoms with van der Waals surface area (Å²) in [6.07, 6.45) is 3.64. The van der Waals surface area contributed by atoms with E-state index in [4.69, 9.17) is 14.2 Å². The van der Waals surface area contributed by atoms with E-state index in [1.165, 1.54) is 0 Å². The maximum atomic E-state index is 13.2. The molecule has 3 aromatic rings. The highest BCUT2D eigenvalue weighted by Gasteiger charge is 2.32. The molecule has 3 aliphatic heterocycles. The number of ether oxygens (including phenoxy) is 3. The highest BCUT2D eigenvalue weighted by Crippen LogP contribution is 2.40. The van der Waals surface area contributed by atoms with Gasteiger partial charge in [-0.15, -0.1) is 0 Å². The lowest BCUT2D eigenvalue weighted by Crippen LogP contribution is -2.42. The predicted octanol–water partition coefficient (Wildman–Crippen LogP) is 2.61.